The fourth-order valence-electron chi connectivity index (χ4n) is 6.34. The van der Waals surface area contributed by atoms with Gasteiger partial charge in [0.05, 0.1) is 42.0 Å². The maximum Gasteiger partial charge on any atom is 0.306 e. The number of aromatic nitrogens is 2. The van der Waals surface area contributed by atoms with Crippen LogP contribution >= 0.6 is 23.1 Å². The van der Waals surface area contributed by atoms with Crippen molar-refractivity contribution in [2.75, 3.05) is 50.9 Å². The number of esters is 2. The van der Waals surface area contributed by atoms with Crippen molar-refractivity contribution in [1.82, 2.24) is 24.1 Å². The number of sulfonamides is 1. The highest BCUT2D eigenvalue weighted by atomic mass is 32.3. The van der Waals surface area contributed by atoms with E-state index in [1.165, 1.54) is 19.9 Å². The topological polar surface area (TPSA) is 256 Å². The van der Waals surface area contributed by atoms with Crippen LogP contribution in [0.25, 0.3) is 0 Å². The predicted molar refractivity (Wildman–Crippen MR) is 221 cm³/mol. The van der Waals surface area contributed by atoms with E-state index in [0.717, 1.165) is 18.7 Å². The molecule has 1 amide bonds. The van der Waals surface area contributed by atoms with Crippen LogP contribution in [0.2, 0.25) is 0 Å². The summed E-state index contributed by atoms with van der Waals surface area (Å²) in [4.78, 5) is 66.8. The Morgan fingerprint density at radius 2 is 1.65 bits per heavy atom. The second-order valence-electron chi connectivity index (χ2n) is 15.8. The van der Waals surface area contributed by atoms with E-state index in [-0.39, 0.29) is 48.6 Å². The van der Waals surface area contributed by atoms with E-state index in [0.29, 0.717) is 61.4 Å². The van der Waals surface area contributed by atoms with Crippen LogP contribution in [0.15, 0.2) is 14.5 Å². The monoisotopic (exact) mass is 920 g/mol. The summed E-state index contributed by atoms with van der Waals surface area (Å²) in [6.07, 6.45) is -2.23. The van der Waals surface area contributed by atoms with Gasteiger partial charge < -0.3 is 34.5 Å². The van der Waals surface area contributed by atoms with Gasteiger partial charge in [-0.05, 0) is 73.9 Å². The summed E-state index contributed by atoms with van der Waals surface area (Å²) in [5.74, 6) is -6.52. The number of ketones is 2. The van der Waals surface area contributed by atoms with Gasteiger partial charge in [-0.25, -0.2) is 21.6 Å². The van der Waals surface area contributed by atoms with Gasteiger partial charge in [0.1, 0.15) is 21.1 Å². The molecule has 0 unspecified atom stereocenters. The number of sulfone groups is 1. The molecule has 1 saturated heterocycles. The van der Waals surface area contributed by atoms with Crippen LogP contribution in [0.3, 0.4) is 0 Å². The quantitative estimate of drug-likeness (QED) is 0.120. The number of anilines is 1. The number of morpholine rings is 1. The van der Waals surface area contributed by atoms with Crippen molar-refractivity contribution in [1.29, 1.82) is 0 Å². The van der Waals surface area contributed by atoms with Gasteiger partial charge in [0.25, 0.3) is 15.9 Å². The number of Topliss-reactive ketones (excluding diaryl/α,β-unsaturated/α-hetero) is 2. The van der Waals surface area contributed by atoms with E-state index in [1.54, 1.807) is 6.92 Å². The molecule has 2 aromatic heterocycles. The Morgan fingerprint density at radius 1 is 1.00 bits per heavy atom. The molecule has 4 heterocycles. The summed E-state index contributed by atoms with van der Waals surface area (Å²) in [6, 6.07) is 0.805. The summed E-state index contributed by atoms with van der Waals surface area (Å²) >= 11 is 1.53. The van der Waals surface area contributed by atoms with Crippen LogP contribution in [-0.2, 0) is 58.0 Å². The minimum Gasteiger partial charge on any atom is -0.470 e. The Balaban J connectivity index is 1.25. The number of nitrogens with one attached hydrogen (secondary N) is 3. The predicted octanol–water partition coefficient (Wildman–Crippen LogP) is 2.35. The number of hydrogen-bond donors (Lipinski definition) is 3. The van der Waals surface area contributed by atoms with Crippen molar-refractivity contribution in [2.24, 2.45) is 11.8 Å². The third-order valence-corrected chi connectivity index (χ3v) is 16.1. The molecule has 4 rings (SSSR count). The molecule has 2 aliphatic rings. The number of fused-ring (bicyclic) bond motifs is 1. The van der Waals surface area contributed by atoms with E-state index < -0.39 is 88.8 Å². The molecule has 0 spiro atoms. The lowest BCUT2D eigenvalue weighted by molar-refractivity contribution is -0.157. The largest absolute Gasteiger partial charge is 0.470 e. The van der Waals surface area contributed by atoms with E-state index in [4.69, 9.17) is 18.9 Å². The van der Waals surface area contributed by atoms with Crippen LogP contribution in [0.4, 0.5) is 5.82 Å². The average Bonchev–Trinajstić information content (AvgIpc) is 3.86. The van der Waals surface area contributed by atoms with Crippen molar-refractivity contribution in [3.63, 3.8) is 0 Å². The smallest absolute Gasteiger partial charge is 0.306 e. The second-order valence-corrected chi connectivity index (χ2v) is 21.8. The molecule has 0 bridgehead atoms. The SMILES string of the molecule is CCN[C@H]1C[C@H](C)S(=O)(=O)c2sc(S(=O)(=O)NC(=O)[C@@H](C)C(=O)[C@@H](C)C(=O)[C@H](C)OC(=O)CCCC(=O)O[C@@H](CNC(C)(C)C)COc3nsnc3N3CCOCC3)cc21. The first kappa shape index (κ1) is 49.0. The molecule has 0 aromatic carbocycles. The van der Waals surface area contributed by atoms with Gasteiger partial charge in [0.15, 0.2) is 27.5 Å². The number of thiophene rings is 1. The molecule has 2 aliphatic heterocycles. The van der Waals surface area contributed by atoms with Crippen molar-refractivity contribution in [3.8, 4) is 5.88 Å². The fraction of sp³-hybridized carbons (Fsp3) is 0.703. The van der Waals surface area contributed by atoms with Gasteiger partial charge in [-0.1, -0.05) is 6.92 Å². The van der Waals surface area contributed by atoms with Crippen LogP contribution in [0, 0.1) is 11.8 Å². The van der Waals surface area contributed by atoms with E-state index >= 15 is 0 Å². The van der Waals surface area contributed by atoms with Crippen molar-refractivity contribution in [2.45, 2.75) is 119 Å². The van der Waals surface area contributed by atoms with Crippen molar-refractivity contribution < 1.29 is 59.8 Å². The Kier molecular flexibility index (Phi) is 17.1. The number of rotatable bonds is 21. The number of amides is 1. The van der Waals surface area contributed by atoms with Crippen molar-refractivity contribution in [3.05, 3.63) is 11.6 Å². The molecular formula is C37H56N6O13S4. The number of hydrogen-bond acceptors (Lipinski definition) is 20. The average molecular weight is 921 g/mol. The molecule has 0 radical (unpaired) electrons. The maximum absolute atomic E-state index is 13.2. The lowest BCUT2D eigenvalue weighted by atomic mass is 9.90. The zero-order valence-corrected chi connectivity index (χ0v) is 38.4. The first-order valence-corrected chi connectivity index (χ1v) is 24.3. The van der Waals surface area contributed by atoms with Crippen LogP contribution in [-0.4, -0.2) is 124 Å². The van der Waals surface area contributed by atoms with E-state index in [1.807, 2.05) is 37.3 Å². The highest BCUT2D eigenvalue weighted by molar-refractivity contribution is 7.95. The first-order valence-electron chi connectivity index (χ1n) is 19.7. The highest BCUT2D eigenvalue weighted by Gasteiger charge is 2.41. The van der Waals surface area contributed by atoms with Crippen molar-refractivity contribution >= 4 is 78.2 Å². The molecule has 19 nitrogen and oxygen atoms in total. The highest BCUT2D eigenvalue weighted by Crippen LogP contribution is 2.42. The summed E-state index contributed by atoms with van der Waals surface area (Å²) < 4.78 is 84.7. The molecule has 2 aromatic rings. The summed E-state index contributed by atoms with van der Waals surface area (Å²) in [5, 5.41) is 5.69. The number of carbonyl (C=O) groups is 5. The zero-order chi connectivity index (χ0) is 44.6. The normalized spacial score (nSPS) is 19.9. The number of nitrogens with zero attached hydrogens (tertiary/aromatic N) is 3. The molecule has 336 valence electrons. The van der Waals surface area contributed by atoms with Gasteiger partial charge in [0.2, 0.25) is 11.7 Å². The summed E-state index contributed by atoms with van der Waals surface area (Å²) in [7, 11) is -8.40. The molecule has 0 saturated carbocycles. The Hall–Kier alpha value is -3.61. The molecule has 60 heavy (non-hydrogen) atoms. The molecule has 3 N–H and O–H groups in total. The third kappa shape index (κ3) is 13.0. The number of ether oxygens (including phenoxy) is 4. The first-order chi connectivity index (χ1) is 28.0. The lowest BCUT2D eigenvalue weighted by Crippen LogP contribution is -2.44. The lowest BCUT2D eigenvalue weighted by Gasteiger charge is -2.27. The standard InChI is InChI=1S/C37H56N6O13S4/c1-9-38-27-17-21(2)59(49,50)36-26(27)18-30(57-36)60(51,52)42-34(48)23(4)31(46)22(3)32(47)24(5)55-28(44)11-10-12-29(45)56-25(19-39-37(6,7)8)20-54-35-33(40-58-41-35)43-13-15-53-16-14-43/h18,21-25,27,38-39H,9-17,19-20H2,1-8H3,(H,42,48)/t21-,22+,23-,24-,25-,27-/m0/s1. The fourth-order valence-corrected chi connectivity index (χ4v) is 11.9. The Labute approximate surface area is 359 Å². The van der Waals surface area contributed by atoms with Gasteiger partial charge >= 0.3 is 11.9 Å². The van der Waals surface area contributed by atoms with Crippen LogP contribution < -0.4 is 25.0 Å². The molecule has 1 fully saturated rings. The summed E-state index contributed by atoms with van der Waals surface area (Å²) in [5.41, 5.74) is 0.00753. The van der Waals surface area contributed by atoms with E-state index in [2.05, 4.69) is 19.4 Å². The number of carbonyl (C=O) groups excluding carboxylic acids is 5. The molecule has 6 atom stereocenters. The van der Waals surface area contributed by atoms with Gasteiger partial charge in [-0.2, -0.15) is 4.37 Å². The third-order valence-electron chi connectivity index (χ3n) is 9.85. The van der Waals surface area contributed by atoms with E-state index in [9.17, 15) is 40.8 Å². The van der Waals surface area contributed by atoms with Crippen LogP contribution in [0.1, 0.15) is 92.7 Å². The maximum atomic E-state index is 13.2. The minimum atomic E-state index is -4.60. The Morgan fingerprint density at radius 3 is 2.28 bits per heavy atom. The zero-order valence-electron chi connectivity index (χ0n) is 35.1. The molecular weight excluding hydrogens is 865 g/mol. The second kappa shape index (κ2) is 21.0. The van der Waals surface area contributed by atoms with Gasteiger partial charge in [-0.15, -0.1) is 15.7 Å². The van der Waals surface area contributed by atoms with Gasteiger partial charge in [-0.3, -0.25) is 24.0 Å². The molecule has 23 heteroatoms. The van der Waals surface area contributed by atoms with Crippen LogP contribution in [0.5, 0.6) is 5.88 Å². The molecule has 0 aliphatic carbocycles. The summed E-state index contributed by atoms with van der Waals surface area (Å²) in [6.45, 7) is 16.0. The minimum absolute atomic E-state index is 0.00814. The Bertz CT molecular complexity index is 2080. The van der Waals surface area contributed by atoms with Gasteiger partial charge in [0, 0.05) is 49.6 Å².